The summed E-state index contributed by atoms with van der Waals surface area (Å²) in [5.41, 5.74) is 0. The maximum Gasteiger partial charge on any atom is 0.0483 e. The van der Waals surface area contributed by atoms with Gasteiger partial charge in [-0.2, -0.15) is 0 Å². The van der Waals surface area contributed by atoms with Gasteiger partial charge in [0, 0.05) is 47.1 Å². The minimum Gasteiger partial charge on any atom is -0.396 e. The van der Waals surface area contributed by atoms with Gasteiger partial charge in [-0.1, -0.05) is 66.2 Å². The molecule has 0 heterocycles. The smallest absolute Gasteiger partial charge is 0.0483 e. The molecule has 2 unspecified atom stereocenters. The van der Waals surface area contributed by atoms with E-state index in [9.17, 15) is 0 Å². The molecular formula is C22H52O4Ti. The first-order valence-electron chi connectivity index (χ1n) is 10.7. The van der Waals surface area contributed by atoms with Crippen LogP contribution >= 0.6 is 0 Å². The fraction of sp³-hybridized carbons (Fsp3) is 1.00. The number of aliphatic hydroxyl groups excluding tert-OH is 4. The molecule has 0 aromatic carbocycles. The maximum atomic E-state index is 8.75. The standard InChI is InChI=1S/2C8H18O.2C3H8O.Ti/c2*1-3-5-6-8(4-2)7-9;2*1-3(2)4;/h2*8-9H,3-7H2,1-2H3;2*3-4H,1-2H3;. The molecule has 0 aromatic rings. The van der Waals surface area contributed by atoms with Crippen LogP contribution in [0.2, 0.25) is 0 Å². The monoisotopic (exact) mass is 428 g/mol. The molecule has 0 bridgehead atoms. The van der Waals surface area contributed by atoms with Gasteiger partial charge >= 0.3 is 0 Å². The molecule has 0 aliphatic rings. The van der Waals surface area contributed by atoms with Gasteiger partial charge in [-0.25, -0.2) is 0 Å². The zero-order valence-corrected chi connectivity index (χ0v) is 21.2. The zero-order chi connectivity index (χ0) is 21.4. The predicted octanol–water partition coefficient (Wildman–Crippen LogP) is 5.16. The Balaban J connectivity index is -0.0000000843. The van der Waals surface area contributed by atoms with Gasteiger partial charge in [0.05, 0.1) is 0 Å². The molecule has 0 radical (unpaired) electrons. The van der Waals surface area contributed by atoms with Crippen molar-refractivity contribution in [3.8, 4) is 0 Å². The second-order valence-corrected chi connectivity index (χ2v) is 7.39. The molecule has 0 spiro atoms. The normalized spacial score (nSPS) is 11.8. The van der Waals surface area contributed by atoms with Crippen molar-refractivity contribution in [2.24, 2.45) is 11.8 Å². The molecule has 0 saturated heterocycles. The van der Waals surface area contributed by atoms with Crippen LogP contribution in [0.1, 0.15) is 107 Å². The van der Waals surface area contributed by atoms with Crippen LogP contribution in [0.15, 0.2) is 0 Å². The minimum atomic E-state index is -0.167. The fourth-order valence-corrected chi connectivity index (χ4v) is 1.83. The van der Waals surface area contributed by atoms with E-state index in [0.717, 1.165) is 12.8 Å². The molecule has 0 amide bonds. The molecule has 5 heteroatoms. The molecule has 0 aromatic heterocycles. The van der Waals surface area contributed by atoms with Crippen LogP contribution in [-0.2, 0) is 21.7 Å². The molecule has 168 valence electrons. The second kappa shape index (κ2) is 34.1. The Bertz CT molecular complexity index is 179. The van der Waals surface area contributed by atoms with Gasteiger partial charge in [0.15, 0.2) is 0 Å². The van der Waals surface area contributed by atoms with Gasteiger partial charge in [0.25, 0.3) is 0 Å². The summed E-state index contributed by atoms with van der Waals surface area (Å²) < 4.78 is 0. The van der Waals surface area contributed by atoms with Crippen LogP contribution in [0.4, 0.5) is 0 Å². The SMILES string of the molecule is CC(C)O.CC(C)O.CCCCC(CC)CO.CCCCC(CC)CO.[Ti]. The summed E-state index contributed by atoms with van der Waals surface area (Å²) in [6.07, 6.45) is 9.32. The number of rotatable bonds is 10. The van der Waals surface area contributed by atoms with E-state index in [1.807, 2.05) is 0 Å². The van der Waals surface area contributed by atoms with Crippen LogP contribution in [0.25, 0.3) is 0 Å². The van der Waals surface area contributed by atoms with Crippen molar-refractivity contribution in [2.45, 2.75) is 119 Å². The van der Waals surface area contributed by atoms with Crippen molar-refractivity contribution >= 4 is 0 Å². The van der Waals surface area contributed by atoms with Crippen molar-refractivity contribution in [2.75, 3.05) is 13.2 Å². The Morgan fingerprint density at radius 1 is 0.593 bits per heavy atom. The molecule has 4 nitrogen and oxygen atoms in total. The largest absolute Gasteiger partial charge is 0.396 e. The topological polar surface area (TPSA) is 80.9 Å². The molecule has 4 N–H and O–H groups in total. The third-order valence-corrected chi connectivity index (χ3v) is 3.60. The van der Waals surface area contributed by atoms with Crippen molar-refractivity contribution < 1.29 is 42.1 Å². The average molecular weight is 429 g/mol. The molecule has 0 saturated carbocycles. The zero-order valence-electron chi connectivity index (χ0n) is 19.7. The van der Waals surface area contributed by atoms with E-state index < -0.39 is 0 Å². The van der Waals surface area contributed by atoms with E-state index in [0.29, 0.717) is 25.0 Å². The fourth-order valence-electron chi connectivity index (χ4n) is 1.83. The van der Waals surface area contributed by atoms with Gasteiger partial charge in [-0.15, -0.1) is 0 Å². The van der Waals surface area contributed by atoms with Crippen LogP contribution in [-0.4, -0.2) is 45.8 Å². The Labute approximate surface area is 186 Å². The van der Waals surface area contributed by atoms with Crippen molar-refractivity contribution in [1.82, 2.24) is 0 Å². The van der Waals surface area contributed by atoms with Gasteiger partial charge in [-0.05, 0) is 52.4 Å². The molecule has 2 atom stereocenters. The van der Waals surface area contributed by atoms with Crippen LogP contribution in [0.5, 0.6) is 0 Å². The maximum absolute atomic E-state index is 8.75. The number of aliphatic hydroxyl groups is 4. The van der Waals surface area contributed by atoms with E-state index in [-0.39, 0.29) is 33.9 Å². The Hall–Kier alpha value is 0.554. The number of unbranched alkanes of at least 4 members (excludes halogenated alkanes) is 2. The first kappa shape index (κ1) is 38.2. The average Bonchev–Trinajstić information content (AvgIpc) is 2.56. The minimum absolute atomic E-state index is 0. The first-order chi connectivity index (χ1) is 12.2. The van der Waals surface area contributed by atoms with Crippen molar-refractivity contribution in [1.29, 1.82) is 0 Å². The van der Waals surface area contributed by atoms with Gasteiger partial charge in [0.1, 0.15) is 0 Å². The third kappa shape index (κ3) is 58.4. The van der Waals surface area contributed by atoms with Gasteiger partial charge in [0.2, 0.25) is 0 Å². The summed E-state index contributed by atoms with van der Waals surface area (Å²) in [5.74, 6) is 1.12. The summed E-state index contributed by atoms with van der Waals surface area (Å²) in [6.45, 7) is 16.3. The third-order valence-electron chi connectivity index (χ3n) is 3.60. The Kier molecular flexibility index (Phi) is 48.2. The molecule has 0 aliphatic carbocycles. The van der Waals surface area contributed by atoms with E-state index in [1.54, 1.807) is 27.7 Å². The van der Waals surface area contributed by atoms with Crippen molar-refractivity contribution in [3.05, 3.63) is 0 Å². The second-order valence-electron chi connectivity index (χ2n) is 7.39. The molecule has 0 rings (SSSR count). The molecular weight excluding hydrogens is 376 g/mol. The van der Waals surface area contributed by atoms with Gasteiger partial charge < -0.3 is 20.4 Å². The summed E-state index contributed by atoms with van der Waals surface area (Å²) in [4.78, 5) is 0. The summed E-state index contributed by atoms with van der Waals surface area (Å²) in [6, 6.07) is 0. The van der Waals surface area contributed by atoms with E-state index in [4.69, 9.17) is 20.4 Å². The number of hydrogen-bond acceptors (Lipinski definition) is 4. The van der Waals surface area contributed by atoms with Crippen LogP contribution < -0.4 is 0 Å². The van der Waals surface area contributed by atoms with E-state index in [2.05, 4.69) is 27.7 Å². The summed E-state index contributed by atoms with van der Waals surface area (Å²) >= 11 is 0. The van der Waals surface area contributed by atoms with E-state index in [1.165, 1.54) is 38.5 Å². The quantitative estimate of drug-likeness (QED) is 0.362. The van der Waals surface area contributed by atoms with E-state index >= 15 is 0 Å². The Morgan fingerprint density at radius 2 is 0.815 bits per heavy atom. The van der Waals surface area contributed by atoms with Crippen LogP contribution in [0.3, 0.4) is 0 Å². The van der Waals surface area contributed by atoms with Crippen molar-refractivity contribution in [3.63, 3.8) is 0 Å². The molecule has 0 fully saturated rings. The van der Waals surface area contributed by atoms with Gasteiger partial charge in [-0.3, -0.25) is 0 Å². The Morgan fingerprint density at radius 3 is 0.926 bits per heavy atom. The molecule has 27 heavy (non-hydrogen) atoms. The summed E-state index contributed by atoms with van der Waals surface area (Å²) in [5, 5.41) is 33.6. The van der Waals surface area contributed by atoms with Crippen LogP contribution in [0, 0.1) is 11.8 Å². The predicted molar refractivity (Wildman–Crippen MR) is 115 cm³/mol. The summed E-state index contributed by atoms with van der Waals surface area (Å²) in [7, 11) is 0. The first-order valence-corrected chi connectivity index (χ1v) is 10.7. The molecule has 0 aliphatic heterocycles. The number of hydrogen-bond donors (Lipinski definition) is 4.